The van der Waals surface area contributed by atoms with Gasteiger partial charge < -0.3 is 5.32 Å². The molecule has 6 heteroatoms. The number of amides is 1. The molecule has 0 atom stereocenters. The van der Waals surface area contributed by atoms with Crippen molar-refractivity contribution < 1.29 is 4.79 Å². The van der Waals surface area contributed by atoms with Gasteiger partial charge in [-0.2, -0.15) is 4.68 Å². The van der Waals surface area contributed by atoms with E-state index >= 15 is 0 Å². The highest BCUT2D eigenvalue weighted by molar-refractivity contribution is 5.89. The quantitative estimate of drug-likeness (QED) is 0.518. The number of fused-ring (bicyclic) bond motifs is 1. The Kier molecular flexibility index (Phi) is 5.57. The van der Waals surface area contributed by atoms with Crippen LogP contribution in [0.2, 0.25) is 0 Å². The summed E-state index contributed by atoms with van der Waals surface area (Å²) in [6.07, 6.45) is 0.959. The Balaban J connectivity index is 1.62. The predicted molar refractivity (Wildman–Crippen MR) is 120 cm³/mol. The van der Waals surface area contributed by atoms with Crippen molar-refractivity contribution in [1.82, 2.24) is 9.66 Å². The van der Waals surface area contributed by atoms with Crippen LogP contribution in [0.1, 0.15) is 12.5 Å². The van der Waals surface area contributed by atoms with E-state index in [9.17, 15) is 9.59 Å². The van der Waals surface area contributed by atoms with Gasteiger partial charge in [0.25, 0.3) is 11.5 Å². The maximum atomic E-state index is 13.1. The summed E-state index contributed by atoms with van der Waals surface area (Å²) in [4.78, 5) is 30.3. The lowest BCUT2D eigenvalue weighted by Crippen LogP contribution is -2.37. The molecule has 0 aliphatic heterocycles. The highest BCUT2D eigenvalue weighted by Gasteiger charge is 2.14. The Hall–Kier alpha value is -3.93. The fraction of sp³-hybridized carbons (Fsp3) is 0.125. The smallest absolute Gasteiger partial charge is 0.280 e. The van der Waals surface area contributed by atoms with Crippen molar-refractivity contribution in [2.45, 2.75) is 13.3 Å². The van der Waals surface area contributed by atoms with Crippen molar-refractivity contribution >= 4 is 22.5 Å². The number of anilines is 1. The largest absolute Gasteiger partial charge is 0.376 e. The van der Waals surface area contributed by atoms with E-state index in [4.69, 9.17) is 0 Å². The second-order valence-electron chi connectivity index (χ2n) is 6.90. The predicted octanol–water partition coefficient (Wildman–Crippen LogP) is 3.81. The molecule has 4 rings (SSSR count). The van der Waals surface area contributed by atoms with Gasteiger partial charge in [0.05, 0.1) is 17.4 Å². The summed E-state index contributed by atoms with van der Waals surface area (Å²) >= 11 is 0. The number of nitrogens with zero attached hydrogens (tertiary/aromatic N) is 2. The zero-order chi connectivity index (χ0) is 20.9. The van der Waals surface area contributed by atoms with Gasteiger partial charge >= 0.3 is 0 Å². The number of para-hydroxylation sites is 1. The molecule has 2 N–H and O–H groups in total. The number of hydrogen-bond acceptors (Lipinski definition) is 4. The van der Waals surface area contributed by atoms with E-state index in [1.807, 2.05) is 60.7 Å². The molecule has 0 radical (unpaired) electrons. The van der Waals surface area contributed by atoms with Crippen LogP contribution >= 0.6 is 0 Å². The first kappa shape index (κ1) is 19.4. The fourth-order valence-electron chi connectivity index (χ4n) is 3.22. The van der Waals surface area contributed by atoms with Gasteiger partial charge in [-0.3, -0.25) is 15.0 Å². The monoisotopic (exact) mass is 398 g/mol. The summed E-state index contributed by atoms with van der Waals surface area (Å²) in [6.45, 7) is 2.12. The molecule has 6 nitrogen and oxygen atoms in total. The summed E-state index contributed by atoms with van der Waals surface area (Å²) in [6, 6.07) is 24.3. The highest BCUT2D eigenvalue weighted by atomic mass is 16.2. The Morgan fingerprint density at radius 1 is 0.933 bits per heavy atom. The van der Waals surface area contributed by atoms with Crippen molar-refractivity contribution in [2.75, 3.05) is 17.3 Å². The van der Waals surface area contributed by atoms with Gasteiger partial charge in [-0.1, -0.05) is 61.5 Å². The number of carbonyl (C=O) groups excluding carboxylic acids is 1. The fourth-order valence-corrected chi connectivity index (χ4v) is 3.22. The van der Waals surface area contributed by atoms with E-state index in [1.165, 1.54) is 10.2 Å². The Bertz CT molecular complexity index is 1230. The minimum Gasteiger partial charge on any atom is -0.376 e. The molecule has 1 heterocycles. The third-order valence-electron chi connectivity index (χ3n) is 4.86. The molecule has 30 heavy (non-hydrogen) atoms. The average Bonchev–Trinajstić information content (AvgIpc) is 2.80. The zero-order valence-corrected chi connectivity index (χ0v) is 16.6. The molecule has 0 saturated heterocycles. The normalized spacial score (nSPS) is 10.7. The molecule has 0 aliphatic rings. The third-order valence-corrected chi connectivity index (χ3v) is 4.86. The van der Waals surface area contributed by atoms with Crippen LogP contribution in [0.5, 0.6) is 0 Å². The van der Waals surface area contributed by atoms with Crippen LogP contribution in [0, 0.1) is 0 Å². The highest BCUT2D eigenvalue weighted by Crippen LogP contribution is 2.17. The molecule has 1 amide bonds. The molecule has 0 bridgehead atoms. The van der Waals surface area contributed by atoms with E-state index in [0.29, 0.717) is 16.7 Å². The number of aryl methyl sites for hydroxylation is 1. The minimum atomic E-state index is -0.342. The number of carbonyl (C=O) groups is 1. The van der Waals surface area contributed by atoms with Crippen LogP contribution < -0.4 is 16.3 Å². The van der Waals surface area contributed by atoms with Gasteiger partial charge in [0.1, 0.15) is 0 Å². The molecule has 3 aromatic carbocycles. The lowest BCUT2D eigenvalue weighted by atomic mass is 10.1. The van der Waals surface area contributed by atoms with Crippen molar-refractivity contribution in [2.24, 2.45) is 0 Å². The van der Waals surface area contributed by atoms with Crippen LogP contribution in [0.25, 0.3) is 22.3 Å². The topological polar surface area (TPSA) is 76.0 Å². The Morgan fingerprint density at radius 2 is 1.63 bits per heavy atom. The van der Waals surface area contributed by atoms with Crippen molar-refractivity contribution in [1.29, 1.82) is 0 Å². The number of aromatic nitrogens is 2. The van der Waals surface area contributed by atoms with Crippen LogP contribution in [0.4, 0.5) is 5.69 Å². The Labute approximate surface area is 174 Å². The van der Waals surface area contributed by atoms with Crippen molar-refractivity contribution in [3.63, 3.8) is 0 Å². The summed E-state index contributed by atoms with van der Waals surface area (Å²) in [5.41, 5.74) is 5.78. The van der Waals surface area contributed by atoms with Crippen LogP contribution in [-0.4, -0.2) is 22.1 Å². The summed E-state index contributed by atoms with van der Waals surface area (Å²) in [7, 11) is 0. The summed E-state index contributed by atoms with van der Waals surface area (Å²) in [5, 5.41) is 3.53. The van der Waals surface area contributed by atoms with Gasteiger partial charge in [-0.15, -0.1) is 0 Å². The van der Waals surface area contributed by atoms with E-state index in [2.05, 4.69) is 22.7 Å². The molecule has 0 spiro atoms. The molecule has 0 fully saturated rings. The molecule has 0 saturated carbocycles. The molecule has 0 unspecified atom stereocenters. The van der Waals surface area contributed by atoms with Gasteiger partial charge in [0.2, 0.25) is 0 Å². The number of hydrogen-bond donors (Lipinski definition) is 2. The Morgan fingerprint density at radius 3 is 2.37 bits per heavy atom. The SMILES string of the molecule is CCc1ccc(NCC(=O)Nn2c(-c3ccccc3)nc3ccccc3c2=O)cc1. The molecule has 1 aromatic heterocycles. The standard InChI is InChI=1S/C24H22N4O2/c1-2-17-12-14-19(15-13-17)25-16-22(29)27-28-23(18-8-4-3-5-9-18)26-21-11-7-6-10-20(21)24(28)30/h3-15,25H,2,16H2,1H3,(H,27,29). The van der Waals surface area contributed by atoms with Crippen LogP contribution in [-0.2, 0) is 11.2 Å². The van der Waals surface area contributed by atoms with Gasteiger partial charge in [-0.05, 0) is 36.2 Å². The van der Waals surface area contributed by atoms with Crippen LogP contribution in [0.3, 0.4) is 0 Å². The van der Waals surface area contributed by atoms with Crippen LogP contribution in [0.15, 0.2) is 83.7 Å². The summed E-state index contributed by atoms with van der Waals surface area (Å²) in [5.74, 6) is 0.0471. The number of rotatable bonds is 6. The van der Waals surface area contributed by atoms with Crippen molar-refractivity contribution in [3.8, 4) is 11.4 Å². The first-order valence-corrected chi connectivity index (χ1v) is 9.85. The lowest BCUT2D eigenvalue weighted by Gasteiger charge is -2.15. The minimum absolute atomic E-state index is 0.0268. The summed E-state index contributed by atoms with van der Waals surface area (Å²) < 4.78 is 1.22. The van der Waals surface area contributed by atoms with Gasteiger partial charge in [0, 0.05) is 11.3 Å². The van der Waals surface area contributed by atoms with E-state index < -0.39 is 0 Å². The lowest BCUT2D eigenvalue weighted by molar-refractivity contribution is -0.115. The molecular formula is C24H22N4O2. The maximum absolute atomic E-state index is 13.1. The second kappa shape index (κ2) is 8.61. The first-order valence-electron chi connectivity index (χ1n) is 9.85. The first-order chi connectivity index (χ1) is 14.7. The number of nitrogens with one attached hydrogen (secondary N) is 2. The van der Waals surface area contributed by atoms with E-state index in [-0.39, 0.29) is 18.0 Å². The third kappa shape index (κ3) is 4.07. The zero-order valence-electron chi connectivity index (χ0n) is 16.6. The number of benzene rings is 3. The van der Waals surface area contributed by atoms with Gasteiger partial charge in [-0.25, -0.2) is 4.98 Å². The molecule has 150 valence electrons. The maximum Gasteiger partial charge on any atom is 0.280 e. The van der Waals surface area contributed by atoms with Crippen molar-refractivity contribution in [3.05, 3.63) is 94.8 Å². The molecule has 0 aliphatic carbocycles. The van der Waals surface area contributed by atoms with E-state index in [0.717, 1.165) is 17.7 Å². The van der Waals surface area contributed by atoms with E-state index in [1.54, 1.807) is 18.2 Å². The average molecular weight is 398 g/mol. The molecular weight excluding hydrogens is 376 g/mol. The van der Waals surface area contributed by atoms with Gasteiger partial charge in [0.15, 0.2) is 5.82 Å². The molecule has 4 aromatic rings. The second-order valence-corrected chi connectivity index (χ2v) is 6.90.